The molecule has 0 saturated carbocycles. The van der Waals surface area contributed by atoms with Crippen molar-refractivity contribution in [2.45, 2.75) is 12.5 Å². The summed E-state index contributed by atoms with van der Waals surface area (Å²) < 4.78 is 5.33. The summed E-state index contributed by atoms with van der Waals surface area (Å²) in [5.74, 6) is 0.341. The molecule has 0 N–H and O–H groups in total. The first-order chi connectivity index (χ1) is 12.7. The largest absolute Gasteiger partial charge is 0.497 e. The minimum Gasteiger partial charge on any atom is -0.497 e. The van der Waals surface area contributed by atoms with E-state index < -0.39 is 5.92 Å². The number of fused-ring (bicyclic) bond motifs is 1. The smallest absolute Gasteiger partial charge is 0.239 e. The Hall–Kier alpha value is -2.78. The molecule has 3 aromatic carbocycles. The number of amides is 1. The van der Waals surface area contributed by atoms with Gasteiger partial charge in [-0.05, 0) is 35.4 Å². The van der Waals surface area contributed by atoms with Crippen LogP contribution in [0.25, 0.3) is 0 Å². The minimum atomic E-state index is -0.419. The third-order valence-electron chi connectivity index (χ3n) is 4.73. The summed E-state index contributed by atoms with van der Waals surface area (Å²) >= 11 is 6.51. The average Bonchev–Trinajstić information content (AvgIpc) is 2.96. The van der Waals surface area contributed by atoms with E-state index >= 15 is 0 Å². The quantitative estimate of drug-likeness (QED) is 0.650. The van der Waals surface area contributed by atoms with Gasteiger partial charge in [0.2, 0.25) is 5.91 Å². The number of nitrogens with zero attached hydrogens (tertiary/aromatic N) is 1. The fourth-order valence-corrected chi connectivity index (χ4v) is 3.78. The van der Waals surface area contributed by atoms with Crippen LogP contribution in [0.2, 0.25) is 5.02 Å². The number of anilines is 1. The highest BCUT2D eigenvalue weighted by Crippen LogP contribution is 2.45. The van der Waals surface area contributed by atoms with Crippen LogP contribution in [-0.4, -0.2) is 13.0 Å². The molecule has 130 valence electrons. The summed E-state index contributed by atoms with van der Waals surface area (Å²) in [6.45, 7) is 0.521. The Morgan fingerprint density at radius 2 is 1.77 bits per heavy atom. The van der Waals surface area contributed by atoms with Crippen molar-refractivity contribution >= 4 is 23.2 Å². The second kappa shape index (κ2) is 6.85. The number of benzene rings is 3. The zero-order chi connectivity index (χ0) is 18.1. The monoisotopic (exact) mass is 363 g/mol. The van der Waals surface area contributed by atoms with Gasteiger partial charge in [0.05, 0.1) is 19.6 Å². The van der Waals surface area contributed by atoms with Gasteiger partial charge in [-0.25, -0.2) is 0 Å². The molecule has 4 heteroatoms. The molecule has 3 nitrogen and oxygen atoms in total. The van der Waals surface area contributed by atoms with Crippen LogP contribution in [-0.2, 0) is 11.3 Å². The number of ether oxygens (including phenoxy) is 1. The Balaban J connectivity index is 1.80. The SMILES string of the molecule is COc1cccc(C2C(=O)N(Cc3ccccc3)c3cccc(Cl)c32)c1. The van der Waals surface area contributed by atoms with E-state index in [0.717, 1.165) is 28.1 Å². The highest BCUT2D eigenvalue weighted by molar-refractivity contribution is 6.33. The standard InChI is InChI=1S/C22H18ClNO2/c1-26-17-10-5-9-16(13-17)20-21-18(23)11-6-12-19(21)24(22(20)25)14-15-7-3-2-4-8-15/h2-13,20H,14H2,1H3. The van der Waals surface area contributed by atoms with Crippen LogP contribution in [0.3, 0.4) is 0 Å². The molecule has 4 rings (SSSR count). The molecule has 0 spiro atoms. The molecule has 0 radical (unpaired) electrons. The Morgan fingerprint density at radius 1 is 1.00 bits per heavy atom. The van der Waals surface area contributed by atoms with Crippen molar-refractivity contribution in [2.75, 3.05) is 12.0 Å². The van der Waals surface area contributed by atoms with Gasteiger partial charge in [0.25, 0.3) is 0 Å². The Kier molecular flexibility index (Phi) is 4.39. The van der Waals surface area contributed by atoms with E-state index in [1.54, 1.807) is 7.11 Å². The maximum absolute atomic E-state index is 13.3. The van der Waals surface area contributed by atoms with Crippen LogP contribution in [0.15, 0.2) is 72.8 Å². The van der Waals surface area contributed by atoms with Crippen LogP contribution in [0.1, 0.15) is 22.6 Å². The van der Waals surface area contributed by atoms with E-state index in [4.69, 9.17) is 16.3 Å². The number of hydrogen-bond donors (Lipinski definition) is 0. The molecule has 1 aliphatic heterocycles. The molecule has 1 amide bonds. The molecule has 0 fully saturated rings. The minimum absolute atomic E-state index is 0.0326. The number of hydrogen-bond acceptors (Lipinski definition) is 2. The number of methoxy groups -OCH3 is 1. The lowest BCUT2D eigenvalue weighted by Gasteiger charge is -2.18. The first kappa shape index (κ1) is 16.7. The zero-order valence-electron chi connectivity index (χ0n) is 14.4. The number of carbonyl (C=O) groups excluding carboxylic acids is 1. The average molecular weight is 364 g/mol. The van der Waals surface area contributed by atoms with Gasteiger partial charge in [-0.3, -0.25) is 4.79 Å². The molecular formula is C22H18ClNO2. The maximum Gasteiger partial charge on any atom is 0.239 e. The van der Waals surface area contributed by atoms with E-state index in [1.807, 2.05) is 77.7 Å². The van der Waals surface area contributed by atoms with E-state index in [2.05, 4.69) is 0 Å². The van der Waals surface area contributed by atoms with Crippen LogP contribution in [0, 0.1) is 0 Å². The Labute approximate surface area is 157 Å². The lowest BCUT2D eigenvalue weighted by Crippen LogP contribution is -2.28. The first-order valence-electron chi connectivity index (χ1n) is 8.46. The third-order valence-corrected chi connectivity index (χ3v) is 5.06. The van der Waals surface area contributed by atoms with Crippen molar-refractivity contribution in [1.29, 1.82) is 0 Å². The molecule has 0 saturated heterocycles. The van der Waals surface area contributed by atoms with Crippen molar-refractivity contribution in [3.05, 3.63) is 94.5 Å². The van der Waals surface area contributed by atoms with Gasteiger partial charge in [-0.15, -0.1) is 0 Å². The predicted molar refractivity (Wildman–Crippen MR) is 104 cm³/mol. The van der Waals surface area contributed by atoms with Crippen molar-refractivity contribution < 1.29 is 9.53 Å². The summed E-state index contributed by atoms with van der Waals surface area (Å²) in [7, 11) is 1.62. The van der Waals surface area contributed by atoms with E-state index in [1.165, 1.54) is 0 Å². The number of carbonyl (C=O) groups is 1. The molecule has 26 heavy (non-hydrogen) atoms. The molecule has 0 aromatic heterocycles. The van der Waals surface area contributed by atoms with E-state index in [0.29, 0.717) is 11.6 Å². The normalized spacial score (nSPS) is 15.8. The summed E-state index contributed by atoms with van der Waals surface area (Å²) in [6.07, 6.45) is 0. The second-order valence-electron chi connectivity index (χ2n) is 6.29. The van der Waals surface area contributed by atoms with Gasteiger partial charge < -0.3 is 9.64 Å². The van der Waals surface area contributed by atoms with Gasteiger partial charge >= 0.3 is 0 Å². The fourth-order valence-electron chi connectivity index (χ4n) is 3.50. The summed E-state index contributed by atoms with van der Waals surface area (Å²) in [5.41, 5.74) is 3.71. The predicted octanol–water partition coefficient (Wildman–Crippen LogP) is 5.03. The van der Waals surface area contributed by atoms with Crippen molar-refractivity contribution in [1.82, 2.24) is 0 Å². The van der Waals surface area contributed by atoms with Crippen LogP contribution >= 0.6 is 11.6 Å². The van der Waals surface area contributed by atoms with Gasteiger partial charge in [0, 0.05) is 16.3 Å². The van der Waals surface area contributed by atoms with Crippen molar-refractivity contribution in [3.63, 3.8) is 0 Å². The molecule has 0 aliphatic carbocycles. The van der Waals surface area contributed by atoms with Crippen LogP contribution < -0.4 is 9.64 Å². The number of rotatable bonds is 4. The van der Waals surface area contributed by atoms with Crippen molar-refractivity contribution in [3.8, 4) is 5.75 Å². The first-order valence-corrected chi connectivity index (χ1v) is 8.84. The topological polar surface area (TPSA) is 29.5 Å². The van der Waals surface area contributed by atoms with Crippen LogP contribution in [0.4, 0.5) is 5.69 Å². The summed E-state index contributed by atoms with van der Waals surface area (Å²) in [6, 6.07) is 23.3. The molecule has 1 heterocycles. The fraction of sp³-hybridized carbons (Fsp3) is 0.136. The van der Waals surface area contributed by atoms with Gasteiger partial charge in [-0.2, -0.15) is 0 Å². The molecule has 1 aliphatic rings. The Morgan fingerprint density at radius 3 is 2.54 bits per heavy atom. The molecule has 1 unspecified atom stereocenters. The van der Waals surface area contributed by atoms with Crippen LogP contribution in [0.5, 0.6) is 5.75 Å². The van der Waals surface area contributed by atoms with Gasteiger partial charge in [0.15, 0.2) is 0 Å². The molecular weight excluding hydrogens is 346 g/mol. The zero-order valence-corrected chi connectivity index (χ0v) is 15.1. The molecule has 0 bridgehead atoms. The van der Waals surface area contributed by atoms with Crippen molar-refractivity contribution in [2.24, 2.45) is 0 Å². The lowest BCUT2D eigenvalue weighted by molar-refractivity contribution is -0.118. The third kappa shape index (κ3) is 2.85. The highest BCUT2D eigenvalue weighted by atomic mass is 35.5. The summed E-state index contributed by atoms with van der Waals surface area (Å²) in [5, 5.41) is 0.610. The lowest BCUT2D eigenvalue weighted by atomic mass is 9.92. The second-order valence-corrected chi connectivity index (χ2v) is 6.70. The van der Waals surface area contributed by atoms with E-state index in [-0.39, 0.29) is 5.91 Å². The molecule has 1 atom stereocenters. The number of halogens is 1. The van der Waals surface area contributed by atoms with Gasteiger partial charge in [0.1, 0.15) is 5.75 Å². The molecule has 3 aromatic rings. The maximum atomic E-state index is 13.3. The van der Waals surface area contributed by atoms with E-state index in [9.17, 15) is 4.79 Å². The van der Waals surface area contributed by atoms with Gasteiger partial charge in [-0.1, -0.05) is 60.1 Å². The summed E-state index contributed by atoms with van der Waals surface area (Å²) in [4.78, 5) is 15.2. The highest BCUT2D eigenvalue weighted by Gasteiger charge is 2.39. The Bertz CT molecular complexity index is 955.